The van der Waals surface area contributed by atoms with Crippen LogP contribution in [0, 0.1) is 5.92 Å². The summed E-state index contributed by atoms with van der Waals surface area (Å²) in [6.45, 7) is 3.25. The van der Waals surface area contributed by atoms with Gasteiger partial charge in [0.2, 0.25) is 5.91 Å². The Hall–Kier alpha value is -0.280. The third kappa shape index (κ3) is 4.13. The van der Waals surface area contributed by atoms with Crippen LogP contribution in [0.3, 0.4) is 0 Å². The first-order valence-electron chi connectivity index (χ1n) is 8.81. The highest BCUT2D eigenvalue weighted by Crippen LogP contribution is 2.33. The monoisotopic (exact) mass is 314 g/mol. The van der Waals surface area contributed by atoms with Crippen molar-refractivity contribution in [3.63, 3.8) is 0 Å². The van der Waals surface area contributed by atoms with Crippen LogP contribution >= 0.6 is 12.4 Å². The minimum absolute atomic E-state index is 0. The maximum Gasteiger partial charge on any atom is 0.223 e. The SMILES string of the molecule is CCCC1CCCCN1C(=O)CC1CC2CCC(C1)N2.Cl. The van der Waals surface area contributed by atoms with Crippen molar-refractivity contribution in [2.75, 3.05) is 6.54 Å². The fourth-order valence-corrected chi connectivity index (χ4v) is 4.67. The van der Waals surface area contributed by atoms with Gasteiger partial charge in [0.25, 0.3) is 0 Å². The molecule has 3 unspecified atom stereocenters. The number of amides is 1. The molecule has 3 fully saturated rings. The van der Waals surface area contributed by atoms with Crippen molar-refractivity contribution in [1.82, 2.24) is 10.2 Å². The van der Waals surface area contributed by atoms with Gasteiger partial charge >= 0.3 is 0 Å². The zero-order chi connectivity index (χ0) is 13.9. The number of halogens is 1. The third-order valence-corrected chi connectivity index (χ3v) is 5.60. The zero-order valence-electron chi connectivity index (χ0n) is 13.4. The minimum Gasteiger partial charge on any atom is -0.340 e. The topological polar surface area (TPSA) is 32.3 Å². The van der Waals surface area contributed by atoms with E-state index in [0.717, 1.165) is 13.0 Å². The minimum atomic E-state index is 0. The lowest BCUT2D eigenvalue weighted by molar-refractivity contribution is -0.136. The second-order valence-corrected chi connectivity index (χ2v) is 7.20. The summed E-state index contributed by atoms with van der Waals surface area (Å²) in [5.74, 6) is 1.10. The maximum absolute atomic E-state index is 12.7. The van der Waals surface area contributed by atoms with Gasteiger partial charge in [0.1, 0.15) is 0 Å². The molecule has 3 rings (SSSR count). The van der Waals surface area contributed by atoms with Crippen molar-refractivity contribution in [2.24, 2.45) is 5.92 Å². The highest BCUT2D eigenvalue weighted by Gasteiger charge is 2.35. The number of hydrogen-bond acceptors (Lipinski definition) is 2. The standard InChI is InChI=1S/C17H30N2O.ClH/c1-2-5-16-6-3-4-9-19(16)17(20)12-13-10-14-7-8-15(11-13)18-14;/h13-16,18H,2-12H2,1H3;1H. The molecule has 0 aromatic rings. The Kier molecular flexibility index (Phi) is 6.36. The molecule has 1 amide bonds. The van der Waals surface area contributed by atoms with Gasteiger partial charge in [-0.2, -0.15) is 0 Å². The van der Waals surface area contributed by atoms with Crippen LogP contribution in [-0.4, -0.2) is 35.5 Å². The van der Waals surface area contributed by atoms with Gasteiger partial charge < -0.3 is 10.2 Å². The molecule has 3 atom stereocenters. The number of nitrogens with zero attached hydrogens (tertiary/aromatic N) is 1. The zero-order valence-corrected chi connectivity index (χ0v) is 14.2. The van der Waals surface area contributed by atoms with E-state index >= 15 is 0 Å². The Labute approximate surface area is 135 Å². The average Bonchev–Trinajstić information content (AvgIpc) is 2.79. The molecule has 0 aliphatic carbocycles. The van der Waals surface area contributed by atoms with Crippen LogP contribution in [-0.2, 0) is 4.79 Å². The van der Waals surface area contributed by atoms with Gasteiger partial charge in [-0.15, -0.1) is 12.4 Å². The van der Waals surface area contributed by atoms with Gasteiger partial charge in [-0.3, -0.25) is 4.79 Å². The molecular weight excluding hydrogens is 284 g/mol. The van der Waals surface area contributed by atoms with Crippen molar-refractivity contribution >= 4 is 18.3 Å². The molecule has 4 heteroatoms. The van der Waals surface area contributed by atoms with Gasteiger partial charge in [0, 0.05) is 31.1 Å². The Morgan fingerprint density at radius 2 is 1.86 bits per heavy atom. The third-order valence-electron chi connectivity index (χ3n) is 5.60. The van der Waals surface area contributed by atoms with Crippen molar-refractivity contribution in [2.45, 2.75) is 89.3 Å². The molecule has 0 aromatic heterocycles. The van der Waals surface area contributed by atoms with Crippen molar-refractivity contribution in [3.8, 4) is 0 Å². The molecule has 3 nitrogen and oxygen atoms in total. The maximum atomic E-state index is 12.7. The summed E-state index contributed by atoms with van der Waals surface area (Å²) >= 11 is 0. The summed E-state index contributed by atoms with van der Waals surface area (Å²) < 4.78 is 0. The number of hydrogen-bond donors (Lipinski definition) is 1. The van der Waals surface area contributed by atoms with Crippen LogP contribution in [0.1, 0.15) is 71.1 Å². The molecule has 3 aliphatic heterocycles. The normalized spacial score (nSPS) is 35.4. The lowest BCUT2D eigenvalue weighted by Crippen LogP contribution is -2.45. The smallest absolute Gasteiger partial charge is 0.223 e. The van der Waals surface area contributed by atoms with E-state index in [1.807, 2.05) is 0 Å². The Bertz CT molecular complexity index is 336. The molecule has 0 spiro atoms. The van der Waals surface area contributed by atoms with E-state index in [2.05, 4.69) is 17.1 Å². The molecule has 0 radical (unpaired) electrons. The van der Waals surface area contributed by atoms with E-state index in [9.17, 15) is 4.79 Å². The molecule has 2 bridgehead atoms. The molecule has 3 saturated heterocycles. The van der Waals surface area contributed by atoms with Gasteiger partial charge in [0.05, 0.1) is 0 Å². The highest BCUT2D eigenvalue weighted by atomic mass is 35.5. The van der Waals surface area contributed by atoms with Gasteiger partial charge in [-0.1, -0.05) is 13.3 Å². The number of carbonyl (C=O) groups is 1. The number of rotatable bonds is 4. The first-order valence-corrected chi connectivity index (χ1v) is 8.81. The number of carbonyl (C=O) groups excluding carboxylic acids is 1. The molecule has 1 N–H and O–H groups in total. The Morgan fingerprint density at radius 3 is 2.52 bits per heavy atom. The average molecular weight is 315 g/mol. The Morgan fingerprint density at radius 1 is 1.14 bits per heavy atom. The quantitative estimate of drug-likeness (QED) is 0.861. The van der Waals surface area contributed by atoms with Crippen LogP contribution in [0.25, 0.3) is 0 Å². The van der Waals surface area contributed by atoms with Crippen LogP contribution in [0.4, 0.5) is 0 Å². The predicted octanol–water partition coefficient (Wildman–Crippen LogP) is 3.51. The highest BCUT2D eigenvalue weighted by molar-refractivity contribution is 5.85. The second-order valence-electron chi connectivity index (χ2n) is 7.20. The molecule has 3 aliphatic rings. The van der Waals surface area contributed by atoms with E-state index in [4.69, 9.17) is 0 Å². The van der Waals surface area contributed by atoms with Crippen LogP contribution in [0.2, 0.25) is 0 Å². The van der Waals surface area contributed by atoms with Gasteiger partial charge in [-0.05, 0) is 57.3 Å². The Balaban J connectivity index is 0.00000161. The lowest BCUT2D eigenvalue weighted by Gasteiger charge is -2.37. The summed E-state index contributed by atoms with van der Waals surface area (Å²) in [5, 5.41) is 3.68. The van der Waals surface area contributed by atoms with Crippen molar-refractivity contribution in [3.05, 3.63) is 0 Å². The first-order chi connectivity index (χ1) is 9.76. The van der Waals surface area contributed by atoms with E-state index in [0.29, 0.717) is 30.0 Å². The number of piperidine rings is 2. The molecule has 3 heterocycles. The fourth-order valence-electron chi connectivity index (χ4n) is 4.67. The molecule has 0 aromatic carbocycles. The van der Waals surface area contributed by atoms with Gasteiger partial charge in [-0.25, -0.2) is 0 Å². The van der Waals surface area contributed by atoms with Crippen LogP contribution in [0.5, 0.6) is 0 Å². The number of likely N-dealkylation sites (tertiary alicyclic amines) is 1. The summed E-state index contributed by atoms with van der Waals surface area (Å²) in [4.78, 5) is 14.9. The molecule has 122 valence electrons. The fraction of sp³-hybridized carbons (Fsp3) is 0.941. The number of fused-ring (bicyclic) bond motifs is 2. The lowest BCUT2D eigenvalue weighted by atomic mass is 9.88. The van der Waals surface area contributed by atoms with Crippen molar-refractivity contribution < 1.29 is 4.79 Å². The summed E-state index contributed by atoms with van der Waals surface area (Å²) in [6, 6.07) is 1.96. The van der Waals surface area contributed by atoms with E-state index in [1.54, 1.807) is 0 Å². The van der Waals surface area contributed by atoms with Crippen LogP contribution < -0.4 is 5.32 Å². The first kappa shape index (κ1) is 17.1. The van der Waals surface area contributed by atoms with Gasteiger partial charge in [0.15, 0.2) is 0 Å². The van der Waals surface area contributed by atoms with E-state index in [-0.39, 0.29) is 12.4 Å². The van der Waals surface area contributed by atoms with E-state index < -0.39 is 0 Å². The second kappa shape index (κ2) is 7.82. The summed E-state index contributed by atoms with van der Waals surface area (Å²) in [5.41, 5.74) is 0. The summed E-state index contributed by atoms with van der Waals surface area (Å²) in [7, 11) is 0. The predicted molar refractivity (Wildman–Crippen MR) is 88.8 cm³/mol. The van der Waals surface area contributed by atoms with Crippen LogP contribution in [0.15, 0.2) is 0 Å². The number of nitrogens with one attached hydrogen (secondary N) is 1. The summed E-state index contributed by atoms with van der Waals surface area (Å²) in [6.07, 6.45) is 12.1. The van der Waals surface area contributed by atoms with Crippen molar-refractivity contribution in [1.29, 1.82) is 0 Å². The van der Waals surface area contributed by atoms with E-state index in [1.165, 1.54) is 57.8 Å². The molecule has 21 heavy (non-hydrogen) atoms. The molecular formula is C17H31ClN2O. The molecule has 0 saturated carbocycles. The largest absolute Gasteiger partial charge is 0.340 e.